The van der Waals surface area contributed by atoms with Crippen molar-refractivity contribution >= 4 is 27.5 Å². The SMILES string of the molecule is CCC(C)N(C)CCNCc1ccc(Br)c(Cl)c1. The molecule has 1 unspecified atom stereocenters. The molecule has 2 nitrogen and oxygen atoms in total. The summed E-state index contributed by atoms with van der Waals surface area (Å²) < 4.78 is 0.949. The lowest BCUT2D eigenvalue weighted by atomic mass is 10.2. The van der Waals surface area contributed by atoms with Gasteiger partial charge in [0.05, 0.1) is 5.02 Å². The Labute approximate surface area is 124 Å². The molecule has 0 bridgehead atoms. The van der Waals surface area contributed by atoms with Gasteiger partial charge in [-0.1, -0.05) is 24.6 Å². The van der Waals surface area contributed by atoms with E-state index in [1.165, 1.54) is 12.0 Å². The summed E-state index contributed by atoms with van der Waals surface area (Å²) in [5, 5.41) is 4.21. The molecule has 0 aliphatic carbocycles. The van der Waals surface area contributed by atoms with Gasteiger partial charge in [-0.15, -0.1) is 0 Å². The van der Waals surface area contributed by atoms with Crippen molar-refractivity contribution < 1.29 is 0 Å². The maximum atomic E-state index is 6.05. The average molecular weight is 334 g/mol. The molecule has 0 spiro atoms. The van der Waals surface area contributed by atoms with Crippen LogP contribution >= 0.6 is 27.5 Å². The summed E-state index contributed by atoms with van der Waals surface area (Å²) in [7, 11) is 2.17. The van der Waals surface area contributed by atoms with Crippen LogP contribution in [0.3, 0.4) is 0 Å². The summed E-state index contributed by atoms with van der Waals surface area (Å²) in [6, 6.07) is 6.72. The Hall–Kier alpha value is -0.0900. The quantitative estimate of drug-likeness (QED) is 0.761. The first kappa shape index (κ1) is 16.0. The molecule has 0 saturated carbocycles. The lowest BCUT2D eigenvalue weighted by Crippen LogP contribution is -2.34. The van der Waals surface area contributed by atoms with E-state index in [4.69, 9.17) is 11.6 Å². The topological polar surface area (TPSA) is 15.3 Å². The molecule has 0 heterocycles. The van der Waals surface area contributed by atoms with Crippen LogP contribution < -0.4 is 5.32 Å². The van der Waals surface area contributed by atoms with E-state index in [1.807, 2.05) is 12.1 Å². The highest BCUT2D eigenvalue weighted by Gasteiger charge is 2.05. The minimum atomic E-state index is 0.647. The Kier molecular flexibility index (Phi) is 7.23. The van der Waals surface area contributed by atoms with Gasteiger partial charge in [-0.25, -0.2) is 0 Å². The molecule has 18 heavy (non-hydrogen) atoms. The Morgan fingerprint density at radius 3 is 2.78 bits per heavy atom. The van der Waals surface area contributed by atoms with Crippen LogP contribution in [0.15, 0.2) is 22.7 Å². The van der Waals surface area contributed by atoms with Crippen LogP contribution in [0.2, 0.25) is 5.02 Å². The van der Waals surface area contributed by atoms with Gasteiger partial charge in [0.25, 0.3) is 0 Å². The molecule has 1 rings (SSSR count). The third-order valence-electron chi connectivity index (χ3n) is 3.30. The van der Waals surface area contributed by atoms with Gasteiger partial charge in [-0.05, 0) is 54.0 Å². The predicted octanol–water partition coefficient (Wildman–Crippen LogP) is 3.92. The Balaban J connectivity index is 2.27. The number of rotatable bonds is 7. The van der Waals surface area contributed by atoms with Crippen molar-refractivity contribution in [3.05, 3.63) is 33.3 Å². The second kappa shape index (κ2) is 8.16. The summed E-state index contributed by atoms with van der Waals surface area (Å²) in [6.07, 6.45) is 1.19. The third kappa shape index (κ3) is 5.27. The zero-order valence-electron chi connectivity index (χ0n) is 11.3. The van der Waals surface area contributed by atoms with Crippen molar-refractivity contribution in [2.45, 2.75) is 32.9 Å². The summed E-state index contributed by atoms with van der Waals surface area (Å²) in [4.78, 5) is 2.38. The van der Waals surface area contributed by atoms with Crippen LogP contribution in [0.5, 0.6) is 0 Å². The lowest BCUT2D eigenvalue weighted by Gasteiger charge is -2.23. The number of likely N-dealkylation sites (N-methyl/N-ethyl adjacent to an activating group) is 1. The molecule has 1 atom stereocenters. The molecule has 0 amide bonds. The fourth-order valence-electron chi connectivity index (χ4n) is 1.67. The van der Waals surface area contributed by atoms with Crippen LogP contribution in [0.1, 0.15) is 25.8 Å². The van der Waals surface area contributed by atoms with Crippen molar-refractivity contribution in [3.63, 3.8) is 0 Å². The monoisotopic (exact) mass is 332 g/mol. The van der Waals surface area contributed by atoms with Crippen LogP contribution in [-0.4, -0.2) is 31.1 Å². The highest BCUT2D eigenvalue weighted by Crippen LogP contribution is 2.22. The van der Waals surface area contributed by atoms with Crippen molar-refractivity contribution in [2.24, 2.45) is 0 Å². The standard InChI is InChI=1S/C14H22BrClN2/c1-4-11(2)18(3)8-7-17-10-12-5-6-13(15)14(16)9-12/h5-6,9,11,17H,4,7-8,10H2,1-3H3. The molecule has 0 aliphatic heterocycles. The number of hydrogen-bond acceptors (Lipinski definition) is 2. The van der Waals surface area contributed by atoms with Gasteiger partial charge in [0.1, 0.15) is 0 Å². The molecule has 1 N–H and O–H groups in total. The minimum Gasteiger partial charge on any atom is -0.311 e. The zero-order valence-corrected chi connectivity index (χ0v) is 13.7. The van der Waals surface area contributed by atoms with E-state index < -0.39 is 0 Å². The van der Waals surface area contributed by atoms with Gasteiger partial charge in [0.2, 0.25) is 0 Å². The van der Waals surface area contributed by atoms with Gasteiger partial charge >= 0.3 is 0 Å². The van der Waals surface area contributed by atoms with Crippen LogP contribution in [0, 0.1) is 0 Å². The molecule has 0 fully saturated rings. The number of nitrogens with one attached hydrogen (secondary N) is 1. The smallest absolute Gasteiger partial charge is 0.0551 e. The molecule has 0 saturated heterocycles. The van der Waals surface area contributed by atoms with E-state index in [9.17, 15) is 0 Å². The first-order valence-electron chi connectivity index (χ1n) is 6.39. The van der Waals surface area contributed by atoms with Crippen LogP contribution in [0.25, 0.3) is 0 Å². The third-order valence-corrected chi connectivity index (χ3v) is 4.53. The highest BCUT2D eigenvalue weighted by molar-refractivity contribution is 9.10. The van der Waals surface area contributed by atoms with E-state index in [0.29, 0.717) is 6.04 Å². The normalized spacial score (nSPS) is 13.0. The zero-order chi connectivity index (χ0) is 13.5. The van der Waals surface area contributed by atoms with Crippen LogP contribution in [-0.2, 0) is 6.54 Å². The molecule has 1 aromatic carbocycles. The van der Waals surface area contributed by atoms with Crippen molar-refractivity contribution in [2.75, 3.05) is 20.1 Å². The highest BCUT2D eigenvalue weighted by atomic mass is 79.9. The Morgan fingerprint density at radius 1 is 1.44 bits per heavy atom. The number of halogens is 2. The lowest BCUT2D eigenvalue weighted by molar-refractivity contribution is 0.252. The minimum absolute atomic E-state index is 0.647. The second-order valence-corrected chi connectivity index (χ2v) is 5.92. The fourth-order valence-corrected chi connectivity index (χ4v) is 2.12. The summed E-state index contributed by atoms with van der Waals surface area (Å²) >= 11 is 9.45. The number of hydrogen-bond donors (Lipinski definition) is 1. The van der Waals surface area contributed by atoms with E-state index in [1.54, 1.807) is 0 Å². The van der Waals surface area contributed by atoms with Crippen LogP contribution in [0.4, 0.5) is 0 Å². The number of benzene rings is 1. The Morgan fingerprint density at radius 2 is 2.17 bits per heavy atom. The summed E-state index contributed by atoms with van der Waals surface area (Å²) in [5.41, 5.74) is 1.22. The first-order valence-corrected chi connectivity index (χ1v) is 7.56. The predicted molar refractivity (Wildman–Crippen MR) is 83.2 cm³/mol. The van der Waals surface area contributed by atoms with Gasteiger partial charge in [0, 0.05) is 30.1 Å². The van der Waals surface area contributed by atoms with Crippen molar-refractivity contribution in [3.8, 4) is 0 Å². The van der Waals surface area contributed by atoms with E-state index in [0.717, 1.165) is 29.1 Å². The molecule has 0 aliphatic rings. The fraction of sp³-hybridized carbons (Fsp3) is 0.571. The molecule has 0 radical (unpaired) electrons. The number of nitrogens with zero attached hydrogens (tertiary/aromatic N) is 1. The summed E-state index contributed by atoms with van der Waals surface area (Å²) in [5.74, 6) is 0. The second-order valence-electron chi connectivity index (χ2n) is 4.66. The Bertz CT molecular complexity index is 371. The molecule has 4 heteroatoms. The molecular weight excluding hydrogens is 312 g/mol. The average Bonchev–Trinajstić information content (AvgIpc) is 2.37. The van der Waals surface area contributed by atoms with E-state index in [-0.39, 0.29) is 0 Å². The maximum Gasteiger partial charge on any atom is 0.0551 e. The summed E-state index contributed by atoms with van der Waals surface area (Å²) in [6.45, 7) is 7.40. The van der Waals surface area contributed by atoms with Crippen molar-refractivity contribution in [1.29, 1.82) is 0 Å². The first-order chi connectivity index (χ1) is 8.54. The van der Waals surface area contributed by atoms with E-state index >= 15 is 0 Å². The molecule has 1 aromatic rings. The van der Waals surface area contributed by atoms with Gasteiger partial charge < -0.3 is 10.2 Å². The molecular formula is C14H22BrClN2. The maximum absolute atomic E-state index is 6.05. The molecule has 102 valence electrons. The van der Waals surface area contributed by atoms with E-state index in [2.05, 4.69) is 53.1 Å². The largest absolute Gasteiger partial charge is 0.311 e. The molecule has 0 aromatic heterocycles. The van der Waals surface area contributed by atoms with Gasteiger partial charge in [-0.2, -0.15) is 0 Å². The van der Waals surface area contributed by atoms with Gasteiger partial charge in [-0.3, -0.25) is 0 Å². The van der Waals surface area contributed by atoms with Gasteiger partial charge in [0.15, 0.2) is 0 Å². The van der Waals surface area contributed by atoms with Crippen molar-refractivity contribution in [1.82, 2.24) is 10.2 Å².